The third-order valence-corrected chi connectivity index (χ3v) is 3.88. The lowest BCUT2D eigenvalue weighted by molar-refractivity contribution is 0.0576. The van der Waals surface area contributed by atoms with Crippen LogP contribution < -0.4 is 5.32 Å². The van der Waals surface area contributed by atoms with Crippen molar-refractivity contribution in [3.63, 3.8) is 0 Å². The van der Waals surface area contributed by atoms with Gasteiger partial charge in [0.25, 0.3) is 0 Å². The molecule has 0 spiro atoms. The van der Waals surface area contributed by atoms with Gasteiger partial charge in [-0.25, -0.2) is 4.39 Å². The maximum Gasteiger partial charge on any atom is 0.123 e. The molecule has 1 aromatic rings. The number of nitrogens with zero attached hydrogens (tertiary/aromatic N) is 1. The van der Waals surface area contributed by atoms with Crippen LogP contribution in [0.1, 0.15) is 32.8 Å². The molecule has 0 saturated carbocycles. The first-order valence-electron chi connectivity index (χ1n) is 6.74. The molecule has 1 fully saturated rings. The topological polar surface area (TPSA) is 15.3 Å². The molecular formula is C15H23FN2. The molecule has 1 aromatic carbocycles. The highest BCUT2D eigenvalue weighted by molar-refractivity contribution is 5.17. The summed E-state index contributed by atoms with van der Waals surface area (Å²) in [6, 6.07) is 7.48. The van der Waals surface area contributed by atoms with Crippen molar-refractivity contribution < 1.29 is 4.39 Å². The molecule has 0 bridgehead atoms. The molecule has 1 aliphatic rings. The van der Waals surface area contributed by atoms with Crippen molar-refractivity contribution in [2.75, 3.05) is 13.1 Å². The molecule has 1 unspecified atom stereocenters. The number of benzene rings is 1. The highest BCUT2D eigenvalue weighted by Gasteiger charge is 2.33. The number of halogens is 1. The lowest BCUT2D eigenvalue weighted by atomic mass is 9.95. The zero-order valence-corrected chi connectivity index (χ0v) is 11.5. The van der Waals surface area contributed by atoms with Crippen LogP contribution in [0.25, 0.3) is 0 Å². The Balaban J connectivity index is 2.10. The predicted octanol–water partition coefficient (Wildman–Crippen LogP) is 2.79. The summed E-state index contributed by atoms with van der Waals surface area (Å²) in [7, 11) is 0. The minimum absolute atomic E-state index is 0.123. The third-order valence-electron chi connectivity index (χ3n) is 3.88. The molecular weight excluding hydrogens is 227 g/mol. The molecule has 1 atom stereocenters. The van der Waals surface area contributed by atoms with E-state index in [0.717, 1.165) is 31.6 Å². The maximum atomic E-state index is 13.2. The van der Waals surface area contributed by atoms with Crippen LogP contribution in [0.5, 0.6) is 0 Å². The zero-order valence-electron chi connectivity index (χ0n) is 11.5. The fraction of sp³-hybridized carbons (Fsp3) is 0.600. The maximum absolute atomic E-state index is 13.2. The lowest BCUT2D eigenvalue weighted by Gasteiger charge is -2.46. The normalized spacial score (nSPS) is 24.1. The van der Waals surface area contributed by atoms with E-state index >= 15 is 0 Å². The second-order valence-corrected chi connectivity index (χ2v) is 5.81. The second-order valence-electron chi connectivity index (χ2n) is 5.81. The van der Waals surface area contributed by atoms with Crippen LogP contribution >= 0.6 is 0 Å². The monoisotopic (exact) mass is 250 g/mol. The number of piperazine rings is 1. The van der Waals surface area contributed by atoms with E-state index in [9.17, 15) is 4.39 Å². The molecule has 2 nitrogen and oxygen atoms in total. The van der Waals surface area contributed by atoms with Crippen molar-refractivity contribution >= 4 is 0 Å². The van der Waals surface area contributed by atoms with Crippen molar-refractivity contribution in [2.24, 2.45) is 0 Å². The lowest BCUT2D eigenvalue weighted by Crippen LogP contribution is -2.61. The quantitative estimate of drug-likeness (QED) is 0.887. The van der Waals surface area contributed by atoms with Crippen LogP contribution in [-0.2, 0) is 6.54 Å². The van der Waals surface area contributed by atoms with Gasteiger partial charge >= 0.3 is 0 Å². The van der Waals surface area contributed by atoms with Gasteiger partial charge in [-0.2, -0.15) is 0 Å². The Morgan fingerprint density at radius 3 is 2.89 bits per heavy atom. The highest BCUT2D eigenvalue weighted by atomic mass is 19.1. The van der Waals surface area contributed by atoms with E-state index < -0.39 is 0 Å². The Labute approximate surface area is 109 Å². The molecule has 3 heteroatoms. The van der Waals surface area contributed by atoms with Crippen LogP contribution in [-0.4, -0.2) is 29.6 Å². The molecule has 0 radical (unpaired) electrons. The number of hydrogen-bond donors (Lipinski definition) is 1. The summed E-state index contributed by atoms with van der Waals surface area (Å²) in [5.74, 6) is -0.146. The SMILES string of the molecule is CCC1CN(Cc2cccc(F)c2)C(C)(C)CN1. The molecule has 1 saturated heterocycles. The van der Waals surface area contributed by atoms with E-state index in [0.29, 0.717) is 6.04 Å². The summed E-state index contributed by atoms with van der Waals surface area (Å²) in [5.41, 5.74) is 1.18. The standard InChI is InChI=1S/C15H23FN2/c1-4-14-10-18(15(2,3)11-17-14)9-12-6-5-7-13(16)8-12/h5-8,14,17H,4,9-11H2,1-3H3. The van der Waals surface area contributed by atoms with Gasteiger partial charge in [0.2, 0.25) is 0 Å². The van der Waals surface area contributed by atoms with Crippen molar-refractivity contribution in [1.82, 2.24) is 10.2 Å². The van der Waals surface area contributed by atoms with Gasteiger partial charge in [0.05, 0.1) is 0 Å². The predicted molar refractivity (Wildman–Crippen MR) is 73.0 cm³/mol. The molecule has 1 N–H and O–H groups in total. The van der Waals surface area contributed by atoms with Gasteiger partial charge in [-0.3, -0.25) is 4.90 Å². The van der Waals surface area contributed by atoms with Crippen LogP contribution in [0.2, 0.25) is 0 Å². The molecule has 1 heterocycles. The van der Waals surface area contributed by atoms with Gasteiger partial charge in [-0.15, -0.1) is 0 Å². The van der Waals surface area contributed by atoms with E-state index in [1.807, 2.05) is 6.07 Å². The van der Waals surface area contributed by atoms with Gasteiger partial charge in [0.1, 0.15) is 5.82 Å². The average molecular weight is 250 g/mol. The second kappa shape index (κ2) is 5.37. The van der Waals surface area contributed by atoms with Crippen molar-refractivity contribution in [3.05, 3.63) is 35.6 Å². The Bertz CT molecular complexity index is 403. The van der Waals surface area contributed by atoms with E-state index in [4.69, 9.17) is 0 Å². The van der Waals surface area contributed by atoms with E-state index in [1.54, 1.807) is 12.1 Å². The summed E-state index contributed by atoms with van der Waals surface area (Å²) < 4.78 is 13.2. The van der Waals surface area contributed by atoms with Gasteiger partial charge in [-0.1, -0.05) is 19.1 Å². The third kappa shape index (κ3) is 3.09. The summed E-state index contributed by atoms with van der Waals surface area (Å²) in [6.45, 7) is 9.52. The summed E-state index contributed by atoms with van der Waals surface area (Å²) in [5, 5.41) is 3.57. The number of rotatable bonds is 3. The van der Waals surface area contributed by atoms with Crippen molar-refractivity contribution in [2.45, 2.75) is 45.3 Å². The van der Waals surface area contributed by atoms with Gasteiger partial charge in [-0.05, 0) is 38.0 Å². The highest BCUT2D eigenvalue weighted by Crippen LogP contribution is 2.22. The molecule has 0 amide bonds. The first-order chi connectivity index (χ1) is 8.51. The Morgan fingerprint density at radius 1 is 1.44 bits per heavy atom. The van der Waals surface area contributed by atoms with Crippen molar-refractivity contribution in [3.8, 4) is 0 Å². The zero-order chi connectivity index (χ0) is 13.2. The van der Waals surface area contributed by atoms with Gasteiger partial charge in [0, 0.05) is 31.2 Å². The molecule has 100 valence electrons. The Kier molecular flexibility index (Phi) is 4.03. The number of nitrogens with one attached hydrogen (secondary N) is 1. The van der Waals surface area contributed by atoms with E-state index in [2.05, 4.69) is 31.0 Å². The molecule has 1 aliphatic heterocycles. The van der Waals surface area contributed by atoms with E-state index in [-0.39, 0.29) is 11.4 Å². The molecule has 2 rings (SSSR count). The minimum Gasteiger partial charge on any atom is -0.311 e. The van der Waals surface area contributed by atoms with E-state index in [1.165, 1.54) is 6.07 Å². The minimum atomic E-state index is -0.146. The summed E-state index contributed by atoms with van der Waals surface area (Å²) in [6.07, 6.45) is 1.13. The molecule has 0 aliphatic carbocycles. The van der Waals surface area contributed by atoms with Gasteiger partial charge < -0.3 is 5.32 Å². The summed E-state index contributed by atoms with van der Waals surface area (Å²) in [4.78, 5) is 2.45. The first kappa shape index (κ1) is 13.5. The average Bonchev–Trinajstić information content (AvgIpc) is 2.32. The first-order valence-corrected chi connectivity index (χ1v) is 6.74. The van der Waals surface area contributed by atoms with Crippen LogP contribution in [0.4, 0.5) is 4.39 Å². The van der Waals surface area contributed by atoms with Crippen molar-refractivity contribution in [1.29, 1.82) is 0 Å². The Morgan fingerprint density at radius 2 is 2.22 bits per heavy atom. The summed E-state index contributed by atoms with van der Waals surface area (Å²) >= 11 is 0. The van der Waals surface area contributed by atoms with Crippen LogP contribution in [0, 0.1) is 5.82 Å². The fourth-order valence-corrected chi connectivity index (χ4v) is 2.49. The molecule has 0 aromatic heterocycles. The molecule has 18 heavy (non-hydrogen) atoms. The smallest absolute Gasteiger partial charge is 0.123 e. The van der Waals surface area contributed by atoms with Crippen LogP contribution in [0.3, 0.4) is 0 Å². The van der Waals surface area contributed by atoms with Gasteiger partial charge in [0.15, 0.2) is 0 Å². The largest absolute Gasteiger partial charge is 0.311 e. The van der Waals surface area contributed by atoms with Crippen LogP contribution in [0.15, 0.2) is 24.3 Å². The Hall–Kier alpha value is -0.930. The fourth-order valence-electron chi connectivity index (χ4n) is 2.49. The number of hydrogen-bond acceptors (Lipinski definition) is 2.